The molecular weight excluding hydrogens is 228 g/mol. The molecule has 2 N–H and O–H groups in total. The maximum absolute atomic E-state index is 11.9. The highest BCUT2D eigenvalue weighted by atomic mass is 16.5. The van der Waals surface area contributed by atoms with Gasteiger partial charge in [0.15, 0.2) is 0 Å². The topological polar surface area (TPSA) is 55.6 Å². The minimum atomic E-state index is 0.0709. The molecule has 0 saturated carbocycles. The highest BCUT2D eigenvalue weighted by Gasteiger charge is 2.19. The number of hydrogen-bond donors (Lipinski definition) is 1. The molecule has 2 rings (SSSR count). The largest absolute Gasteiger partial charge is 0.372 e. The van der Waals surface area contributed by atoms with Crippen LogP contribution in [0.2, 0.25) is 0 Å². The van der Waals surface area contributed by atoms with E-state index in [4.69, 9.17) is 10.5 Å². The van der Waals surface area contributed by atoms with Gasteiger partial charge in [-0.25, -0.2) is 0 Å². The Bertz CT molecular complexity index is 407. The van der Waals surface area contributed by atoms with E-state index in [0.717, 1.165) is 19.4 Å². The number of carbonyl (C=O) groups is 1. The first-order valence-corrected chi connectivity index (χ1v) is 6.43. The van der Waals surface area contributed by atoms with E-state index in [0.29, 0.717) is 19.7 Å². The molecule has 1 aliphatic heterocycles. The van der Waals surface area contributed by atoms with Gasteiger partial charge in [-0.05, 0) is 30.5 Å². The van der Waals surface area contributed by atoms with Crippen LogP contribution in [-0.4, -0.2) is 37.1 Å². The molecule has 4 nitrogen and oxygen atoms in total. The Hall–Kier alpha value is -1.39. The molecule has 1 aromatic carbocycles. The van der Waals surface area contributed by atoms with Crippen molar-refractivity contribution in [1.82, 2.24) is 4.90 Å². The van der Waals surface area contributed by atoms with E-state index in [1.54, 1.807) is 0 Å². The minimum absolute atomic E-state index is 0.0709. The Balaban J connectivity index is 1.83. The van der Waals surface area contributed by atoms with E-state index in [1.807, 2.05) is 17.0 Å². The van der Waals surface area contributed by atoms with E-state index in [9.17, 15) is 4.79 Å². The molecule has 4 heteroatoms. The molecule has 0 radical (unpaired) electrons. The average Bonchev–Trinajstić information content (AvgIpc) is 2.43. The Morgan fingerprint density at radius 3 is 2.89 bits per heavy atom. The molecule has 1 aliphatic rings. The van der Waals surface area contributed by atoms with Crippen LogP contribution in [0.3, 0.4) is 0 Å². The van der Waals surface area contributed by atoms with E-state index < -0.39 is 0 Å². The van der Waals surface area contributed by atoms with Crippen LogP contribution < -0.4 is 5.73 Å². The van der Waals surface area contributed by atoms with Gasteiger partial charge in [-0.15, -0.1) is 0 Å². The van der Waals surface area contributed by atoms with Crippen LogP contribution >= 0.6 is 0 Å². The predicted octanol–water partition coefficient (Wildman–Crippen LogP) is 0.937. The minimum Gasteiger partial charge on any atom is -0.372 e. The molecule has 18 heavy (non-hydrogen) atoms. The molecule has 0 spiro atoms. The van der Waals surface area contributed by atoms with Gasteiger partial charge in [0.1, 0.15) is 6.61 Å². The molecule has 1 amide bonds. The maximum atomic E-state index is 11.9. The van der Waals surface area contributed by atoms with Gasteiger partial charge in [0.2, 0.25) is 5.91 Å². The highest BCUT2D eigenvalue weighted by Crippen LogP contribution is 2.18. The molecule has 1 aromatic rings. The van der Waals surface area contributed by atoms with Gasteiger partial charge < -0.3 is 15.4 Å². The summed E-state index contributed by atoms with van der Waals surface area (Å²) in [4.78, 5) is 13.8. The van der Waals surface area contributed by atoms with Gasteiger partial charge in [0, 0.05) is 19.7 Å². The van der Waals surface area contributed by atoms with E-state index in [2.05, 4.69) is 12.1 Å². The fourth-order valence-corrected chi connectivity index (χ4v) is 2.14. The molecule has 1 heterocycles. The van der Waals surface area contributed by atoms with Crippen LogP contribution in [0, 0.1) is 0 Å². The van der Waals surface area contributed by atoms with Crippen molar-refractivity contribution in [1.29, 1.82) is 0 Å². The summed E-state index contributed by atoms with van der Waals surface area (Å²) in [5, 5.41) is 0. The first-order valence-electron chi connectivity index (χ1n) is 6.43. The summed E-state index contributed by atoms with van der Waals surface area (Å²) in [7, 11) is 0. The molecule has 0 bridgehead atoms. The SMILES string of the molecule is NCCCOCC(=O)N1CCc2ccccc2C1. The molecule has 0 saturated heterocycles. The number of nitrogens with two attached hydrogens (primary N) is 1. The van der Waals surface area contributed by atoms with Gasteiger partial charge in [0.05, 0.1) is 0 Å². The van der Waals surface area contributed by atoms with Crippen molar-refractivity contribution in [2.75, 3.05) is 26.3 Å². The number of hydrogen-bond acceptors (Lipinski definition) is 3. The number of ether oxygens (including phenoxy) is 1. The number of fused-ring (bicyclic) bond motifs is 1. The quantitative estimate of drug-likeness (QED) is 0.789. The number of nitrogens with zero attached hydrogens (tertiary/aromatic N) is 1. The Morgan fingerprint density at radius 2 is 2.11 bits per heavy atom. The summed E-state index contributed by atoms with van der Waals surface area (Å²) in [6.07, 6.45) is 1.74. The van der Waals surface area contributed by atoms with E-state index in [1.165, 1.54) is 11.1 Å². The van der Waals surface area contributed by atoms with Crippen LogP contribution in [0.1, 0.15) is 17.5 Å². The Morgan fingerprint density at radius 1 is 1.33 bits per heavy atom. The van der Waals surface area contributed by atoms with Crippen LogP contribution in [0.25, 0.3) is 0 Å². The van der Waals surface area contributed by atoms with Gasteiger partial charge >= 0.3 is 0 Å². The maximum Gasteiger partial charge on any atom is 0.248 e. The second kappa shape index (κ2) is 6.52. The fraction of sp³-hybridized carbons (Fsp3) is 0.500. The van der Waals surface area contributed by atoms with E-state index in [-0.39, 0.29) is 12.5 Å². The summed E-state index contributed by atoms with van der Waals surface area (Å²) in [6.45, 7) is 2.82. The molecule has 0 aromatic heterocycles. The third-order valence-corrected chi connectivity index (χ3v) is 3.20. The normalized spacial score (nSPS) is 14.4. The van der Waals surface area contributed by atoms with Crippen molar-refractivity contribution in [2.45, 2.75) is 19.4 Å². The zero-order valence-corrected chi connectivity index (χ0v) is 10.6. The van der Waals surface area contributed by atoms with Crippen LogP contribution in [-0.2, 0) is 22.5 Å². The lowest BCUT2D eigenvalue weighted by atomic mass is 10.00. The Kier molecular flexibility index (Phi) is 4.73. The second-order valence-corrected chi connectivity index (χ2v) is 4.53. The standard InChI is InChI=1S/C14H20N2O2/c15-7-3-9-18-11-14(17)16-8-6-12-4-1-2-5-13(12)10-16/h1-2,4-5H,3,6-11,15H2. The van der Waals surface area contributed by atoms with Crippen molar-refractivity contribution in [3.63, 3.8) is 0 Å². The van der Waals surface area contributed by atoms with Crippen molar-refractivity contribution >= 4 is 5.91 Å². The summed E-state index contributed by atoms with van der Waals surface area (Å²) in [6, 6.07) is 8.29. The van der Waals surface area contributed by atoms with Crippen LogP contribution in [0.4, 0.5) is 0 Å². The van der Waals surface area contributed by atoms with Crippen molar-refractivity contribution in [3.8, 4) is 0 Å². The summed E-state index contributed by atoms with van der Waals surface area (Å²) in [5.74, 6) is 0.0709. The zero-order valence-electron chi connectivity index (χ0n) is 10.6. The first-order chi connectivity index (χ1) is 8.81. The summed E-state index contributed by atoms with van der Waals surface area (Å²) < 4.78 is 5.31. The van der Waals surface area contributed by atoms with Crippen molar-refractivity contribution in [2.24, 2.45) is 5.73 Å². The molecular formula is C14H20N2O2. The van der Waals surface area contributed by atoms with Gasteiger partial charge in [0.25, 0.3) is 0 Å². The van der Waals surface area contributed by atoms with Gasteiger partial charge in [-0.3, -0.25) is 4.79 Å². The number of amides is 1. The van der Waals surface area contributed by atoms with E-state index >= 15 is 0 Å². The lowest BCUT2D eigenvalue weighted by molar-refractivity contribution is -0.137. The molecule has 0 unspecified atom stereocenters. The number of benzene rings is 1. The fourth-order valence-electron chi connectivity index (χ4n) is 2.14. The molecule has 98 valence electrons. The van der Waals surface area contributed by atoms with Gasteiger partial charge in [-0.1, -0.05) is 24.3 Å². The number of rotatable bonds is 5. The van der Waals surface area contributed by atoms with Crippen LogP contribution in [0.5, 0.6) is 0 Å². The van der Waals surface area contributed by atoms with Crippen molar-refractivity contribution in [3.05, 3.63) is 35.4 Å². The third-order valence-electron chi connectivity index (χ3n) is 3.20. The van der Waals surface area contributed by atoms with Gasteiger partial charge in [-0.2, -0.15) is 0 Å². The predicted molar refractivity (Wildman–Crippen MR) is 70.1 cm³/mol. The molecule has 0 aliphatic carbocycles. The highest BCUT2D eigenvalue weighted by molar-refractivity contribution is 5.77. The second-order valence-electron chi connectivity index (χ2n) is 4.53. The molecule has 0 fully saturated rings. The number of carbonyl (C=O) groups excluding carboxylic acids is 1. The summed E-state index contributed by atoms with van der Waals surface area (Å²) in [5.41, 5.74) is 7.97. The molecule has 0 atom stereocenters. The monoisotopic (exact) mass is 248 g/mol. The Labute approximate surface area is 108 Å². The smallest absolute Gasteiger partial charge is 0.248 e. The van der Waals surface area contributed by atoms with Crippen molar-refractivity contribution < 1.29 is 9.53 Å². The lowest BCUT2D eigenvalue weighted by Gasteiger charge is -2.28. The first kappa shape index (κ1) is 13.1. The summed E-state index contributed by atoms with van der Waals surface area (Å²) >= 11 is 0. The third kappa shape index (κ3) is 3.31. The average molecular weight is 248 g/mol. The lowest BCUT2D eigenvalue weighted by Crippen LogP contribution is -2.38. The zero-order chi connectivity index (χ0) is 12.8. The van der Waals surface area contributed by atoms with Crippen LogP contribution in [0.15, 0.2) is 24.3 Å².